The number of hydrogen-bond donors (Lipinski definition) is 2. The first-order valence-electron chi connectivity index (χ1n) is 4.64. The van der Waals surface area contributed by atoms with E-state index in [1.165, 1.54) is 0 Å². The van der Waals surface area contributed by atoms with Crippen molar-refractivity contribution in [2.75, 3.05) is 11.9 Å². The number of nitrogens with two attached hydrogens (primary N) is 1. The van der Waals surface area contributed by atoms with E-state index in [1.807, 2.05) is 6.92 Å². The van der Waals surface area contributed by atoms with Crippen LogP contribution in [-0.2, 0) is 0 Å². The lowest BCUT2D eigenvalue weighted by Gasteiger charge is -2.09. The number of nitrogens with one attached hydrogen (secondary N) is 1. The summed E-state index contributed by atoms with van der Waals surface area (Å²) in [5, 5.41) is 3.19. The highest BCUT2D eigenvalue weighted by Gasteiger charge is 2.23. The van der Waals surface area contributed by atoms with Gasteiger partial charge in [-0.2, -0.15) is 0 Å². The number of pyridine rings is 1. The third kappa shape index (κ3) is 1.14. The Bertz CT molecular complexity index is 401. The van der Waals surface area contributed by atoms with Crippen LogP contribution in [0.1, 0.15) is 34.3 Å². The van der Waals surface area contributed by atoms with Gasteiger partial charge < -0.3 is 11.1 Å². The van der Waals surface area contributed by atoms with E-state index in [0.29, 0.717) is 11.5 Å². The van der Waals surface area contributed by atoms with Crippen LogP contribution in [0.5, 0.6) is 0 Å². The molecule has 1 unspecified atom stereocenters. The van der Waals surface area contributed by atoms with Gasteiger partial charge in [0, 0.05) is 24.2 Å². The molecule has 4 nitrogen and oxygen atoms in total. The maximum Gasteiger partial charge on any atom is 0.250 e. The van der Waals surface area contributed by atoms with E-state index >= 15 is 0 Å². The van der Waals surface area contributed by atoms with Crippen LogP contribution in [0.3, 0.4) is 0 Å². The van der Waals surface area contributed by atoms with Gasteiger partial charge in [0.15, 0.2) is 0 Å². The maximum atomic E-state index is 11.1. The molecule has 0 spiro atoms. The fourth-order valence-corrected chi connectivity index (χ4v) is 1.96. The van der Waals surface area contributed by atoms with Gasteiger partial charge in [-0.1, -0.05) is 6.92 Å². The van der Waals surface area contributed by atoms with Gasteiger partial charge >= 0.3 is 0 Å². The molecule has 1 atom stereocenters. The minimum atomic E-state index is -0.406. The highest BCUT2D eigenvalue weighted by molar-refractivity contribution is 5.94. The van der Waals surface area contributed by atoms with E-state index in [1.54, 1.807) is 6.20 Å². The summed E-state index contributed by atoms with van der Waals surface area (Å²) in [6.45, 7) is 4.91. The van der Waals surface area contributed by atoms with Crippen molar-refractivity contribution in [2.24, 2.45) is 5.73 Å². The molecule has 2 heterocycles. The molecular weight excluding hydrogens is 178 g/mol. The number of carbonyl (C=O) groups excluding carboxylic acids is 1. The third-order valence-corrected chi connectivity index (χ3v) is 2.72. The molecule has 2 rings (SSSR count). The predicted octanol–water partition coefficient (Wildman–Crippen LogP) is 1.02. The minimum absolute atomic E-state index is 0.400. The highest BCUT2D eigenvalue weighted by atomic mass is 16.1. The summed E-state index contributed by atoms with van der Waals surface area (Å²) in [5.74, 6) is 0.883. The Morgan fingerprint density at radius 2 is 2.43 bits per heavy atom. The van der Waals surface area contributed by atoms with Gasteiger partial charge in [-0.15, -0.1) is 0 Å². The van der Waals surface area contributed by atoms with Gasteiger partial charge in [0.25, 0.3) is 5.91 Å². The van der Waals surface area contributed by atoms with E-state index in [9.17, 15) is 4.79 Å². The third-order valence-electron chi connectivity index (χ3n) is 2.72. The van der Waals surface area contributed by atoms with Crippen LogP contribution in [0.15, 0.2) is 6.20 Å². The molecule has 74 valence electrons. The Kier molecular flexibility index (Phi) is 1.91. The van der Waals surface area contributed by atoms with Crippen molar-refractivity contribution >= 4 is 11.7 Å². The second-order valence-electron chi connectivity index (χ2n) is 3.71. The molecule has 3 N–H and O–H groups in total. The van der Waals surface area contributed by atoms with Crippen LogP contribution >= 0.6 is 0 Å². The Morgan fingerprint density at radius 3 is 3.07 bits per heavy atom. The van der Waals surface area contributed by atoms with Crippen LogP contribution in [-0.4, -0.2) is 17.4 Å². The normalized spacial score (nSPS) is 18.9. The molecule has 1 aliphatic rings. The SMILES string of the molecule is Cc1c(C(N)=O)cnc2c1C(C)CN2. The van der Waals surface area contributed by atoms with Gasteiger partial charge in [0.05, 0.1) is 5.56 Å². The van der Waals surface area contributed by atoms with Crippen molar-refractivity contribution < 1.29 is 4.79 Å². The molecule has 1 amide bonds. The van der Waals surface area contributed by atoms with Crippen LogP contribution in [0.2, 0.25) is 0 Å². The number of fused-ring (bicyclic) bond motifs is 1. The zero-order valence-electron chi connectivity index (χ0n) is 8.29. The molecule has 4 heteroatoms. The molecule has 0 aromatic carbocycles. The first kappa shape index (κ1) is 8.99. The van der Waals surface area contributed by atoms with Crippen molar-refractivity contribution in [3.05, 3.63) is 22.9 Å². The number of aromatic nitrogens is 1. The zero-order chi connectivity index (χ0) is 10.3. The van der Waals surface area contributed by atoms with Crippen molar-refractivity contribution in [2.45, 2.75) is 19.8 Å². The lowest BCUT2D eigenvalue weighted by Crippen LogP contribution is -2.14. The molecule has 0 bridgehead atoms. The van der Waals surface area contributed by atoms with Crippen LogP contribution in [0, 0.1) is 6.92 Å². The summed E-state index contributed by atoms with van der Waals surface area (Å²) in [7, 11) is 0. The van der Waals surface area contributed by atoms with E-state index < -0.39 is 5.91 Å². The molecule has 0 radical (unpaired) electrons. The molecule has 0 saturated heterocycles. The second kappa shape index (κ2) is 2.97. The first-order chi connectivity index (χ1) is 6.61. The molecule has 1 aromatic rings. The summed E-state index contributed by atoms with van der Waals surface area (Å²) < 4.78 is 0. The number of anilines is 1. The minimum Gasteiger partial charge on any atom is -0.369 e. The standard InChI is InChI=1S/C10H13N3O/c1-5-3-12-10-8(5)6(2)7(4-13-10)9(11)14/h4-5H,3H2,1-2H3,(H2,11,14)(H,12,13). The van der Waals surface area contributed by atoms with Crippen molar-refractivity contribution in [1.82, 2.24) is 4.98 Å². The molecular formula is C10H13N3O. The van der Waals surface area contributed by atoms with Gasteiger partial charge in [-0.25, -0.2) is 4.98 Å². The molecule has 0 saturated carbocycles. The summed E-state index contributed by atoms with van der Waals surface area (Å²) in [6.07, 6.45) is 1.54. The smallest absolute Gasteiger partial charge is 0.250 e. The summed E-state index contributed by atoms with van der Waals surface area (Å²) in [4.78, 5) is 15.3. The fraction of sp³-hybridized carbons (Fsp3) is 0.400. The van der Waals surface area contributed by atoms with E-state index in [0.717, 1.165) is 23.5 Å². The van der Waals surface area contributed by atoms with Crippen molar-refractivity contribution in [3.63, 3.8) is 0 Å². The molecule has 0 aliphatic carbocycles. The van der Waals surface area contributed by atoms with E-state index in [4.69, 9.17) is 5.73 Å². The number of carbonyl (C=O) groups is 1. The fourth-order valence-electron chi connectivity index (χ4n) is 1.96. The molecule has 1 aliphatic heterocycles. The van der Waals surface area contributed by atoms with Gasteiger partial charge in [-0.05, 0) is 12.5 Å². The van der Waals surface area contributed by atoms with Crippen LogP contribution in [0.25, 0.3) is 0 Å². The molecule has 0 fully saturated rings. The summed E-state index contributed by atoms with van der Waals surface area (Å²) in [6, 6.07) is 0. The van der Waals surface area contributed by atoms with Crippen LogP contribution < -0.4 is 11.1 Å². The number of rotatable bonds is 1. The second-order valence-corrected chi connectivity index (χ2v) is 3.71. The van der Waals surface area contributed by atoms with E-state index in [-0.39, 0.29) is 0 Å². The lowest BCUT2D eigenvalue weighted by atomic mass is 9.97. The molecule has 14 heavy (non-hydrogen) atoms. The summed E-state index contributed by atoms with van der Waals surface area (Å²) in [5.41, 5.74) is 7.87. The van der Waals surface area contributed by atoms with Gasteiger partial charge in [0.1, 0.15) is 5.82 Å². The number of primary amides is 1. The molecule has 1 aromatic heterocycles. The Morgan fingerprint density at radius 1 is 1.71 bits per heavy atom. The summed E-state index contributed by atoms with van der Waals surface area (Å²) >= 11 is 0. The van der Waals surface area contributed by atoms with E-state index in [2.05, 4.69) is 17.2 Å². The lowest BCUT2D eigenvalue weighted by molar-refractivity contribution is 0.0999. The Balaban J connectivity index is 2.61. The first-order valence-corrected chi connectivity index (χ1v) is 4.64. The highest BCUT2D eigenvalue weighted by Crippen LogP contribution is 2.33. The zero-order valence-corrected chi connectivity index (χ0v) is 8.29. The Hall–Kier alpha value is -1.58. The average molecular weight is 191 g/mol. The topological polar surface area (TPSA) is 68.0 Å². The number of hydrogen-bond acceptors (Lipinski definition) is 3. The predicted molar refractivity (Wildman–Crippen MR) is 54.4 cm³/mol. The van der Waals surface area contributed by atoms with Crippen molar-refractivity contribution in [1.29, 1.82) is 0 Å². The Labute approximate surface area is 82.5 Å². The van der Waals surface area contributed by atoms with Gasteiger partial charge in [0.2, 0.25) is 0 Å². The number of amides is 1. The maximum absolute atomic E-state index is 11.1. The van der Waals surface area contributed by atoms with Crippen molar-refractivity contribution in [3.8, 4) is 0 Å². The van der Waals surface area contributed by atoms with Gasteiger partial charge in [-0.3, -0.25) is 4.79 Å². The number of nitrogens with zero attached hydrogens (tertiary/aromatic N) is 1. The van der Waals surface area contributed by atoms with Crippen LogP contribution in [0.4, 0.5) is 5.82 Å². The monoisotopic (exact) mass is 191 g/mol. The average Bonchev–Trinajstić information content (AvgIpc) is 2.48. The largest absolute Gasteiger partial charge is 0.369 e. The quantitative estimate of drug-likeness (QED) is 0.696.